The summed E-state index contributed by atoms with van der Waals surface area (Å²) in [6.45, 7) is 7.32. The van der Waals surface area contributed by atoms with Gasteiger partial charge in [0.25, 0.3) is 0 Å². The fourth-order valence-electron chi connectivity index (χ4n) is 13.8. The summed E-state index contributed by atoms with van der Waals surface area (Å²) in [5.41, 5.74) is 7.49. The van der Waals surface area contributed by atoms with Crippen molar-refractivity contribution in [2.24, 2.45) is 23.7 Å². The number of terminal acetylenes is 4. The number of hydrogen-bond acceptors (Lipinski definition) is 12. The summed E-state index contributed by atoms with van der Waals surface area (Å²) in [5.74, 6) is -3.38. The Morgan fingerprint density at radius 3 is 0.860 bits per heavy atom. The molecule has 4 aliphatic carbocycles. The second-order valence-electron chi connectivity index (χ2n) is 26.4. The van der Waals surface area contributed by atoms with Crippen molar-refractivity contribution < 1.29 is 83.6 Å². The summed E-state index contributed by atoms with van der Waals surface area (Å²) >= 11 is 0. The minimum absolute atomic E-state index is 0. The first-order chi connectivity index (χ1) is 50.6. The topological polar surface area (TPSA) is 173 Å². The average Bonchev–Trinajstić information content (AvgIpc) is 1.71. The smallest absolute Gasteiger partial charge is 0.152 e. The first-order valence-electron chi connectivity index (χ1n) is 33.8. The lowest BCUT2D eigenvalue weighted by atomic mass is 9.90. The maximum Gasteiger partial charge on any atom is 0.152 e. The highest BCUT2D eigenvalue weighted by molar-refractivity contribution is 6.17. The summed E-state index contributed by atoms with van der Waals surface area (Å²) < 4.78 is 109. The van der Waals surface area contributed by atoms with Crippen molar-refractivity contribution in [1.29, 1.82) is 0 Å². The molecule has 8 aromatic rings. The van der Waals surface area contributed by atoms with E-state index in [0.717, 1.165) is 33.9 Å². The Kier molecular flexibility index (Phi) is 26.6. The minimum Gasteiger partial charge on any atom is -0.496 e. The molecule has 548 valence electrons. The predicted octanol–water partition coefficient (Wildman–Crippen LogP) is 17.2. The van der Waals surface area contributed by atoms with Crippen LogP contribution in [0.3, 0.4) is 0 Å². The van der Waals surface area contributed by atoms with Crippen molar-refractivity contribution in [3.8, 4) is 117 Å². The number of benzene rings is 8. The van der Waals surface area contributed by atoms with Gasteiger partial charge in [-0.3, -0.25) is 38.4 Å². The second kappa shape index (κ2) is 35.3. The van der Waals surface area contributed by atoms with Crippen LogP contribution in [0.15, 0.2) is 133 Å². The van der Waals surface area contributed by atoms with Crippen molar-refractivity contribution in [2.45, 2.75) is 110 Å². The van der Waals surface area contributed by atoms with E-state index in [1.165, 1.54) is 70.9 Å². The lowest BCUT2D eigenvalue weighted by Gasteiger charge is -2.16. The molecule has 0 aliphatic heterocycles. The van der Waals surface area contributed by atoms with Crippen LogP contribution in [0.2, 0.25) is 0 Å². The summed E-state index contributed by atoms with van der Waals surface area (Å²) in [4.78, 5) is 99.8. The zero-order valence-electron chi connectivity index (χ0n) is 59.5. The molecule has 4 fully saturated rings. The molecule has 4 saturated carbocycles. The third kappa shape index (κ3) is 17.4. The second-order valence-corrected chi connectivity index (χ2v) is 26.4. The van der Waals surface area contributed by atoms with Crippen LogP contribution in [0.4, 0.5) is 26.3 Å². The molecule has 0 N–H and O–H groups in total. The lowest BCUT2D eigenvalue weighted by Crippen LogP contribution is -2.17. The van der Waals surface area contributed by atoms with Crippen LogP contribution in [0.5, 0.6) is 23.0 Å². The molecule has 0 heterocycles. The van der Waals surface area contributed by atoms with Gasteiger partial charge in [-0.2, -0.15) is 0 Å². The van der Waals surface area contributed by atoms with E-state index in [0.29, 0.717) is 27.8 Å². The molecule has 12 nitrogen and oxygen atoms in total. The summed E-state index contributed by atoms with van der Waals surface area (Å²) in [5, 5.41) is 0. The highest BCUT2D eigenvalue weighted by atomic mass is 19.1. The number of halogens is 6. The average molecular weight is 1450 g/mol. The zero-order chi connectivity index (χ0) is 77.1. The zero-order valence-corrected chi connectivity index (χ0v) is 59.5. The van der Waals surface area contributed by atoms with Gasteiger partial charge in [0.05, 0.1) is 28.4 Å². The number of ether oxygens (including phenoxy) is 4. The van der Waals surface area contributed by atoms with Gasteiger partial charge >= 0.3 is 0 Å². The van der Waals surface area contributed by atoms with E-state index in [4.69, 9.17) is 44.6 Å². The normalized spacial score (nSPS) is 19.2. The molecule has 0 saturated heterocycles. The number of Topliss-reactive ketones (excluding diaryl/α,β-unsaturated/α-hetero) is 8. The largest absolute Gasteiger partial charge is 0.496 e. The first kappa shape index (κ1) is 80.8. The van der Waals surface area contributed by atoms with Crippen LogP contribution in [0, 0.1) is 136 Å². The fourth-order valence-corrected chi connectivity index (χ4v) is 13.8. The van der Waals surface area contributed by atoms with E-state index in [1.807, 2.05) is 62.4 Å². The predicted molar refractivity (Wildman–Crippen MR) is 396 cm³/mol. The molecule has 4 aliphatic rings. The molecule has 0 bridgehead atoms. The number of hydrogen-bond donors (Lipinski definition) is 0. The number of ketones is 8. The van der Waals surface area contributed by atoms with Gasteiger partial charge in [-0.1, -0.05) is 91.3 Å². The van der Waals surface area contributed by atoms with Crippen LogP contribution in [-0.4, -0.2) is 74.7 Å². The van der Waals surface area contributed by atoms with Crippen LogP contribution < -0.4 is 18.9 Å². The first-order valence-corrected chi connectivity index (χ1v) is 33.8. The number of carbonyl (C=O) groups is 8. The Bertz CT molecular complexity index is 4850. The van der Waals surface area contributed by atoms with Crippen LogP contribution in [0.1, 0.15) is 127 Å². The Balaban J connectivity index is 0.000000179. The SMILES string of the molecule is C.C#CCC1CC(=O)C(c2c(F)cc(-c3ccc(C)c(F)c3)cc2OC)C1=O.C#CCC1CC(=O)C(c2c(F)cc(-c3ccc(C)cc3)cc2OC)C1=O.C#CCC1CC(=O)C(c2c(F)cc(-c3ccc(C)cc3)cc2OC)C1=O.C#CCC1CC(=O)C(c2c(F)cc(-c3ccc(C)cc3F)cc2OC)C1=O. The van der Waals surface area contributed by atoms with E-state index in [2.05, 4.69) is 23.7 Å². The Hall–Kier alpha value is -11.9. The van der Waals surface area contributed by atoms with Gasteiger partial charge in [0, 0.05) is 103 Å². The van der Waals surface area contributed by atoms with Gasteiger partial charge in [-0.25, -0.2) is 26.3 Å². The number of rotatable bonds is 16. The molecule has 8 unspecified atom stereocenters. The minimum atomic E-state index is -1.24. The van der Waals surface area contributed by atoms with Gasteiger partial charge < -0.3 is 18.9 Å². The van der Waals surface area contributed by atoms with E-state index in [9.17, 15) is 64.7 Å². The van der Waals surface area contributed by atoms with Crippen molar-refractivity contribution >= 4 is 46.3 Å². The fraction of sp³-hybridized carbons (Fsp3) is 0.281. The number of carbonyl (C=O) groups excluding carboxylic acids is 8. The molecule has 8 atom stereocenters. The Morgan fingerprint density at radius 1 is 0.318 bits per heavy atom. The van der Waals surface area contributed by atoms with Gasteiger partial charge in [0.1, 0.15) is 105 Å². The molecule has 12 rings (SSSR count). The van der Waals surface area contributed by atoms with Crippen molar-refractivity contribution in [2.75, 3.05) is 28.4 Å². The molecular formula is C89H78F6O12. The van der Waals surface area contributed by atoms with Gasteiger partial charge in [0.15, 0.2) is 23.1 Å². The van der Waals surface area contributed by atoms with E-state index in [1.54, 1.807) is 50.2 Å². The van der Waals surface area contributed by atoms with E-state index < -0.39 is 88.0 Å². The van der Waals surface area contributed by atoms with Crippen LogP contribution in [-0.2, 0) is 38.4 Å². The maximum atomic E-state index is 15.0. The Labute approximate surface area is 619 Å². The molecule has 0 spiro atoms. The van der Waals surface area contributed by atoms with E-state index in [-0.39, 0.29) is 156 Å². The molecule has 0 aromatic heterocycles. The molecule has 107 heavy (non-hydrogen) atoms. The summed E-state index contributed by atoms with van der Waals surface area (Å²) in [7, 11) is 5.46. The molecule has 0 amide bonds. The van der Waals surface area contributed by atoms with E-state index >= 15 is 0 Å². The highest BCUT2D eigenvalue weighted by Crippen LogP contribution is 2.47. The lowest BCUT2D eigenvalue weighted by molar-refractivity contribution is -0.126. The van der Waals surface area contributed by atoms with Crippen LogP contribution >= 0.6 is 0 Å². The monoisotopic (exact) mass is 1450 g/mol. The molecular weight excluding hydrogens is 1370 g/mol. The standard InChI is InChI=1S/2C22H18F2O3.2C22H19FO3.CH4/c1-4-5-14-10-18(25)21(22(14)26)20-17(24)9-15(11-19(20)27-3)13-7-6-12(2)16(23)8-13;1-4-5-13-10-18(25)21(22(13)26)20-17(24)9-14(11-19(20)27-3)15-7-6-12(2)8-16(15)23;2*1-4-5-15-11-18(24)21(22(15)25)20-17(23)10-16(12-19(20)26-3)14-8-6-13(2)7-9-14;/h1,6-9,11,14,21H,5,10H2,2-3H3;1,6-9,11,13,21H,5,10H2,2-3H3;2*1,6-10,12,15,21H,5,11H2,2-3H3;1H4. The molecule has 0 radical (unpaired) electrons. The summed E-state index contributed by atoms with van der Waals surface area (Å²) in [6.07, 6.45) is 21.8. The Morgan fingerprint density at radius 2 is 0.579 bits per heavy atom. The molecule has 8 aromatic carbocycles. The summed E-state index contributed by atoms with van der Waals surface area (Å²) in [6, 6.07) is 35.7. The highest BCUT2D eigenvalue weighted by Gasteiger charge is 2.48. The maximum absolute atomic E-state index is 15.0. The molecule has 18 heteroatoms. The van der Waals surface area contributed by atoms with Crippen LogP contribution in [0.25, 0.3) is 44.5 Å². The third-order valence-corrected chi connectivity index (χ3v) is 19.4. The van der Waals surface area contributed by atoms with Gasteiger partial charge in [0.2, 0.25) is 0 Å². The quantitative estimate of drug-likeness (QED) is 0.0510. The number of methoxy groups -OCH3 is 4. The van der Waals surface area contributed by atoms with Gasteiger partial charge in [-0.15, -0.1) is 49.4 Å². The van der Waals surface area contributed by atoms with Crippen molar-refractivity contribution in [3.05, 3.63) is 213 Å². The van der Waals surface area contributed by atoms with Crippen molar-refractivity contribution in [1.82, 2.24) is 0 Å². The van der Waals surface area contributed by atoms with Gasteiger partial charge in [-0.05, 0) is 138 Å². The number of aryl methyl sites for hydroxylation is 4. The van der Waals surface area contributed by atoms with Crippen molar-refractivity contribution in [3.63, 3.8) is 0 Å². The third-order valence-electron chi connectivity index (χ3n) is 19.4.